The molecule has 17 heavy (non-hydrogen) atoms. The minimum absolute atomic E-state index is 0.208. The lowest BCUT2D eigenvalue weighted by molar-refractivity contribution is -0.135. The van der Waals surface area contributed by atoms with Gasteiger partial charge in [0.2, 0.25) is 5.78 Å². The van der Waals surface area contributed by atoms with E-state index in [0.717, 1.165) is 6.08 Å². The van der Waals surface area contributed by atoms with Gasteiger partial charge >= 0.3 is 0 Å². The first kappa shape index (κ1) is 11.3. The summed E-state index contributed by atoms with van der Waals surface area (Å²) < 4.78 is 0. The van der Waals surface area contributed by atoms with E-state index in [2.05, 4.69) is 23.7 Å². The van der Waals surface area contributed by atoms with Crippen LogP contribution in [0.25, 0.3) is 0 Å². The summed E-state index contributed by atoms with van der Waals surface area (Å²) in [6.07, 6.45) is 1.98. The molecule has 0 heterocycles. The first-order chi connectivity index (χ1) is 8.03. The summed E-state index contributed by atoms with van der Waals surface area (Å²) in [6, 6.07) is 0. The number of fused-ring (bicyclic) bond motifs is 2. The van der Waals surface area contributed by atoms with E-state index in [4.69, 9.17) is 0 Å². The van der Waals surface area contributed by atoms with Crippen LogP contribution in [0.1, 0.15) is 6.42 Å². The summed E-state index contributed by atoms with van der Waals surface area (Å²) in [4.78, 5) is 23.3. The standard InChI is InChI=1S/C13H8O4/c14-9-7-10-11(15)5-3-1-2-4-6-13(17,8-9)12(10)16/h1-2,7,11,15,17H,8H2. The zero-order valence-electron chi connectivity index (χ0n) is 8.73. The van der Waals surface area contributed by atoms with Crippen molar-refractivity contribution >= 4 is 11.6 Å². The van der Waals surface area contributed by atoms with E-state index in [1.807, 2.05) is 0 Å². The summed E-state index contributed by atoms with van der Waals surface area (Å²) in [5.74, 6) is 8.42. The third-order valence-electron chi connectivity index (χ3n) is 2.43. The van der Waals surface area contributed by atoms with Crippen LogP contribution < -0.4 is 0 Å². The lowest BCUT2D eigenvalue weighted by atomic mass is 9.81. The van der Waals surface area contributed by atoms with Crippen LogP contribution in [0.4, 0.5) is 0 Å². The fourth-order valence-corrected chi connectivity index (χ4v) is 1.61. The topological polar surface area (TPSA) is 74.6 Å². The Bertz CT molecular complexity index is 574. The zero-order valence-corrected chi connectivity index (χ0v) is 8.73. The van der Waals surface area contributed by atoms with Gasteiger partial charge in [-0.25, -0.2) is 0 Å². The van der Waals surface area contributed by atoms with E-state index in [1.165, 1.54) is 12.2 Å². The van der Waals surface area contributed by atoms with Crippen molar-refractivity contribution in [1.29, 1.82) is 0 Å². The lowest BCUT2D eigenvalue weighted by Gasteiger charge is -2.25. The number of allylic oxidation sites excluding steroid dienone is 3. The molecule has 4 nitrogen and oxygen atoms in total. The zero-order chi connectivity index (χ0) is 12.5. The number of aliphatic hydroxyl groups is 2. The largest absolute Gasteiger partial charge is 0.376 e. The highest BCUT2D eigenvalue weighted by molar-refractivity contribution is 6.15. The highest BCUT2D eigenvalue weighted by Gasteiger charge is 2.43. The maximum Gasteiger partial charge on any atom is 0.207 e. The molecule has 0 aliphatic heterocycles. The van der Waals surface area contributed by atoms with E-state index < -0.39 is 29.7 Å². The van der Waals surface area contributed by atoms with Gasteiger partial charge in [0.25, 0.3) is 0 Å². The molecule has 2 atom stereocenters. The van der Waals surface area contributed by atoms with Gasteiger partial charge < -0.3 is 10.2 Å². The maximum atomic E-state index is 11.9. The predicted octanol–water partition coefficient (Wildman–Crippen LogP) is -0.877. The Morgan fingerprint density at radius 2 is 2.00 bits per heavy atom. The molecule has 0 aromatic carbocycles. The fraction of sp³-hybridized carbons (Fsp3) is 0.231. The molecule has 2 aliphatic rings. The molecule has 0 aromatic heterocycles. The smallest absolute Gasteiger partial charge is 0.207 e. The number of carbonyl (C=O) groups excluding carboxylic acids is 2. The Hall–Kier alpha value is -2.14. The van der Waals surface area contributed by atoms with Crippen molar-refractivity contribution in [2.75, 3.05) is 0 Å². The first-order valence-electron chi connectivity index (χ1n) is 4.91. The third kappa shape index (κ3) is 2.05. The van der Waals surface area contributed by atoms with Gasteiger partial charge in [0.1, 0.15) is 6.10 Å². The molecule has 2 bridgehead atoms. The summed E-state index contributed by atoms with van der Waals surface area (Å²) in [6.45, 7) is 0. The number of hydrogen-bond acceptors (Lipinski definition) is 4. The minimum atomic E-state index is -2.05. The number of carbonyl (C=O) groups is 2. The van der Waals surface area contributed by atoms with Gasteiger partial charge in [0, 0.05) is 5.57 Å². The van der Waals surface area contributed by atoms with Crippen molar-refractivity contribution in [2.24, 2.45) is 0 Å². The Morgan fingerprint density at radius 1 is 1.29 bits per heavy atom. The van der Waals surface area contributed by atoms with Gasteiger partial charge in [0.05, 0.1) is 6.42 Å². The number of aliphatic hydroxyl groups excluding tert-OH is 1. The molecule has 0 saturated carbocycles. The summed E-state index contributed by atoms with van der Waals surface area (Å²) in [5, 5.41) is 19.6. The summed E-state index contributed by atoms with van der Waals surface area (Å²) in [7, 11) is 0. The maximum absolute atomic E-state index is 11.9. The van der Waals surface area contributed by atoms with Crippen molar-refractivity contribution in [3.05, 3.63) is 23.8 Å². The SMILES string of the molecule is O=C1C=C2C(=O)C(O)(C#CC=CC#CC2O)C1. The van der Waals surface area contributed by atoms with Gasteiger partial charge in [-0.1, -0.05) is 23.7 Å². The second-order valence-electron chi connectivity index (χ2n) is 3.73. The van der Waals surface area contributed by atoms with Gasteiger partial charge in [-0.2, -0.15) is 0 Å². The van der Waals surface area contributed by atoms with Crippen LogP contribution in [0.5, 0.6) is 0 Å². The van der Waals surface area contributed by atoms with E-state index in [1.54, 1.807) is 0 Å². The van der Waals surface area contributed by atoms with Gasteiger partial charge in [0.15, 0.2) is 11.4 Å². The average Bonchev–Trinajstić information content (AvgIpc) is 2.26. The van der Waals surface area contributed by atoms with Crippen molar-refractivity contribution in [3.63, 3.8) is 0 Å². The summed E-state index contributed by atoms with van der Waals surface area (Å²) >= 11 is 0. The summed E-state index contributed by atoms with van der Waals surface area (Å²) in [5.41, 5.74) is -2.26. The first-order valence-corrected chi connectivity index (χ1v) is 4.91. The molecule has 0 spiro atoms. The minimum Gasteiger partial charge on any atom is -0.376 e. The molecule has 0 saturated heterocycles. The van der Waals surface area contributed by atoms with Crippen LogP contribution in [0.15, 0.2) is 23.8 Å². The normalized spacial score (nSPS) is 30.7. The van der Waals surface area contributed by atoms with Gasteiger partial charge in [-0.3, -0.25) is 9.59 Å². The molecule has 0 amide bonds. The van der Waals surface area contributed by atoms with Crippen molar-refractivity contribution < 1.29 is 19.8 Å². The monoisotopic (exact) mass is 228 g/mol. The Morgan fingerprint density at radius 3 is 2.76 bits per heavy atom. The highest BCUT2D eigenvalue weighted by Crippen LogP contribution is 2.24. The van der Waals surface area contributed by atoms with Crippen molar-refractivity contribution in [3.8, 4) is 23.7 Å². The molecule has 0 aromatic rings. The molecule has 4 heteroatoms. The van der Waals surface area contributed by atoms with Gasteiger partial charge in [-0.15, -0.1) is 0 Å². The van der Waals surface area contributed by atoms with E-state index in [0.29, 0.717) is 0 Å². The highest BCUT2D eigenvalue weighted by atomic mass is 16.3. The predicted molar refractivity (Wildman–Crippen MR) is 58.4 cm³/mol. The van der Waals surface area contributed by atoms with Crippen LogP contribution in [-0.4, -0.2) is 33.5 Å². The van der Waals surface area contributed by atoms with Crippen LogP contribution in [0.2, 0.25) is 0 Å². The average molecular weight is 228 g/mol. The van der Waals surface area contributed by atoms with Crippen molar-refractivity contribution in [1.82, 2.24) is 0 Å². The van der Waals surface area contributed by atoms with E-state index >= 15 is 0 Å². The Kier molecular flexibility index (Phi) is 2.69. The molecule has 0 fully saturated rings. The molecule has 2 N–H and O–H groups in total. The molecule has 2 aliphatic carbocycles. The van der Waals surface area contributed by atoms with Crippen LogP contribution in [-0.2, 0) is 9.59 Å². The quantitative estimate of drug-likeness (QED) is 0.528. The lowest BCUT2D eigenvalue weighted by Crippen LogP contribution is -2.45. The fourth-order valence-electron chi connectivity index (χ4n) is 1.61. The van der Waals surface area contributed by atoms with Crippen LogP contribution in [0, 0.1) is 23.7 Å². The molecule has 2 rings (SSSR count). The number of ketones is 2. The number of rotatable bonds is 0. The Labute approximate surface area is 97.6 Å². The molecule has 84 valence electrons. The second kappa shape index (κ2) is 4.03. The molecular formula is C13H8O4. The van der Waals surface area contributed by atoms with Crippen LogP contribution >= 0.6 is 0 Å². The molecule has 2 unspecified atom stereocenters. The van der Waals surface area contributed by atoms with E-state index in [9.17, 15) is 19.8 Å². The van der Waals surface area contributed by atoms with Crippen molar-refractivity contribution in [2.45, 2.75) is 18.1 Å². The Balaban J connectivity index is 2.61. The third-order valence-corrected chi connectivity index (χ3v) is 2.43. The number of hydrogen-bond donors (Lipinski definition) is 2. The molecule has 0 radical (unpaired) electrons. The second-order valence-corrected chi connectivity index (χ2v) is 3.73. The van der Waals surface area contributed by atoms with Crippen LogP contribution in [0.3, 0.4) is 0 Å². The van der Waals surface area contributed by atoms with E-state index in [-0.39, 0.29) is 5.57 Å². The molecular weight excluding hydrogens is 220 g/mol. The number of Topliss-reactive ketones (excluding diaryl/α,β-unsaturated/α-hetero) is 1. The van der Waals surface area contributed by atoms with Gasteiger partial charge in [-0.05, 0) is 18.2 Å².